The van der Waals surface area contributed by atoms with Gasteiger partial charge in [0.1, 0.15) is 5.56 Å². The zero-order valence-corrected chi connectivity index (χ0v) is 6.09. The maximum Gasteiger partial charge on any atom is 0.423 e. The van der Waals surface area contributed by atoms with Crippen LogP contribution in [0.2, 0.25) is 0 Å². The van der Waals surface area contributed by atoms with Gasteiger partial charge in [-0.1, -0.05) is 0 Å². The molecule has 0 atom stereocenters. The van der Waals surface area contributed by atoms with E-state index in [0.29, 0.717) is 0 Å². The van der Waals surface area contributed by atoms with Gasteiger partial charge in [0.25, 0.3) is 5.95 Å². The monoisotopic (exact) mass is 219 g/mol. The fourth-order valence-corrected chi connectivity index (χ4v) is 0.723. The van der Waals surface area contributed by atoms with Crippen LogP contribution >= 0.6 is 0 Å². The lowest BCUT2D eigenvalue weighted by Gasteiger charge is -2.08. The van der Waals surface area contributed by atoms with Crippen molar-refractivity contribution in [3.8, 4) is 0 Å². The van der Waals surface area contributed by atoms with Gasteiger partial charge in [-0.2, -0.15) is 31.3 Å². The summed E-state index contributed by atoms with van der Waals surface area (Å²) < 4.78 is 84.4. The first kappa shape index (κ1) is 10.7. The molecule has 0 fully saturated rings. The second-order valence-corrected chi connectivity index (χ2v) is 2.19. The normalized spacial score (nSPS) is 11.9. The van der Waals surface area contributed by atoms with Crippen LogP contribution in [0.25, 0.3) is 0 Å². The zero-order valence-electron chi connectivity index (χ0n) is 6.09. The molecule has 0 aliphatic rings. The van der Waals surface area contributed by atoms with Crippen molar-refractivity contribution in [2.75, 3.05) is 0 Å². The molecule has 1 aromatic heterocycles. The lowest BCUT2D eigenvalue weighted by atomic mass is 10.2. The standard InChI is InChI=1S/C6F7N/c7-2-1(6(11,12)13)4(9)14-5(10)3(2)8. The van der Waals surface area contributed by atoms with Crippen molar-refractivity contribution in [2.24, 2.45) is 0 Å². The highest BCUT2D eigenvalue weighted by atomic mass is 19.4. The van der Waals surface area contributed by atoms with Crippen LogP contribution in [0.3, 0.4) is 0 Å². The van der Waals surface area contributed by atoms with Crippen molar-refractivity contribution >= 4 is 0 Å². The molecule has 0 N–H and O–H groups in total. The Balaban J connectivity index is 3.53. The van der Waals surface area contributed by atoms with E-state index in [0.717, 1.165) is 0 Å². The minimum atomic E-state index is -5.46. The van der Waals surface area contributed by atoms with Crippen molar-refractivity contribution in [1.29, 1.82) is 0 Å². The molecule has 0 unspecified atom stereocenters. The topological polar surface area (TPSA) is 12.9 Å². The summed E-state index contributed by atoms with van der Waals surface area (Å²) in [4.78, 5) is 1.93. The molecule has 0 bridgehead atoms. The molecular weight excluding hydrogens is 219 g/mol. The fourth-order valence-electron chi connectivity index (χ4n) is 0.723. The maximum atomic E-state index is 12.4. The Labute approximate surface area is 72.2 Å². The van der Waals surface area contributed by atoms with E-state index >= 15 is 0 Å². The third-order valence-corrected chi connectivity index (χ3v) is 1.28. The second kappa shape index (κ2) is 3.10. The smallest absolute Gasteiger partial charge is 0.203 e. The molecule has 1 heterocycles. The van der Waals surface area contributed by atoms with Crippen molar-refractivity contribution in [2.45, 2.75) is 6.18 Å². The van der Waals surface area contributed by atoms with E-state index in [4.69, 9.17) is 0 Å². The molecule has 0 aliphatic heterocycles. The van der Waals surface area contributed by atoms with E-state index < -0.39 is 35.3 Å². The van der Waals surface area contributed by atoms with E-state index in [1.54, 1.807) is 0 Å². The Morgan fingerprint density at radius 2 is 1.29 bits per heavy atom. The van der Waals surface area contributed by atoms with E-state index in [-0.39, 0.29) is 0 Å². The molecule has 78 valence electrons. The summed E-state index contributed by atoms with van der Waals surface area (Å²) in [5, 5.41) is 0. The summed E-state index contributed by atoms with van der Waals surface area (Å²) in [6, 6.07) is 0. The molecule has 0 radical (unpaired) electrons. The number of hydrogen-bond donors (Lipinski definition) is 0. The Morgan fingerprint density at radius 3 is 1.71 bits per heavy atom. The molecule has 1 aromatic rings. The average Bonchev–Trinajstić information content (AvgIpc) is 1.97. The van der Waals surface area contributed by atoms with Gasteiger partial charge in [-0.05, 0) is 0 Å². The molecule has 14 heavy (non-hydrogen) atoms. The van der Waals surface area contributed by atoms with Crippen molar-refractivity contribution in [3.05, 3.63) is 29.1 Å². The molecule has 0 aromatic carbocycles. The van der Waals surface area contributed by atoms with Crippen molar-refractivity contribution in [1.82, 2.24) is 4.98 Å². The van der Waals surface area contributed by atoms with Crippen molar-refractivity contribution < 1.29 is 30.7 Å². The summed E-state index contributed by atoms with van der Waals surface area (Å²) in [7, 11) is 0. The van der Waals surface area contributed by atoms with Gasteiger partial charge in [0.05, 0.1) is 0 Å². The molecule has 0 saturated carbocycles. The zero-order chi connectivity index (χ0) is 11.1. The minimum Gasteiger partial charge on any atom is -0.203 e. The molecule has 1 nitrogen and oxygen atoms in total. The van der Waals surface area contributed by atoms with Crippen LogP contribution in [0.15, 0.2) is 0 Å². The van der Waals surface area contributed by atoms with E-state index in [1.165, 1.54) is 0 Å². The van der Waals surface area contributed by atoms with Gasteiger partial charge in [0.15, 0.2) is 5.82 Å². The van der Waals surface area contributed by atoms with Crippen LogP contribution in [-0.2, 0) is 6.18 Å². The van der Waals surface area contributed by atoms with Crippen LogP contribution < -0.4 is 0 Å². The van der Waals surface area contributed by atoms with Crippen LogP contribution in [-0.4, -0.2) is 4.98 Å². The Hall–Kier alpha value is -1.34. The van der Waals surface area contributed by atoms with E-state index in [9.17, 15) is 30.7 Å². The maximum absolute atomic E-state index is 12.4. The number of aromatic nitrogens is 1. The molecule has 1 rings (SSSR count). The fraction of sp³-hybridized carbons (Fsp3) is 0.167. The molecule has 0 aliphatic carbocycles. The van der Waals surface area contributed by atoms with Crippen LogP contribution in [0, 0.1) is 23.5 Å². The van der Waals surface area contributed by atoms with Gasteiger partial charge in [0.2, 0.25) is 11.8 Å². The number of pyridine rings is 1. The predicted octanol–water partition coefficient (Wildman–Crippen LogP) is 2.66. The SMILES string of the molecule is Fc1nc(F)c(C(F)(F)F)c(F)c1F. The van der Waals surface area contributed by atoms with Gasteiger partial charge in [-0.25, -0.2) is 4.39 Å². The average molecular weight is 219 g/mol. The second-order valence-electron chi connectivity index (χ2n) is 2.19. The Kier molecular flexibility index (Phi) is 2.38. The highest BCUT2D eigenvalue weighted by Gasteiger charge is 2.41. The van der Waals surface area contributed by atoms with E-state index in [2.05, 4.69) is 0 Å². The lowest BCUT2D eigenvalue weighted by molar-refractivity contribution is -0.143. The van der Waals surface area contributed by atoms with Gasteiger partial charge in [-0.15, -0.1) is 0 Å². The largest absolute Gasteiger partial charge is 0.423 e. The van der Waals surface area contributed by atoms with Gasteiger partial charge >= 0.3 is 6.18 Å². The van der Waals surface area contributed by atoms with Gasteiger partial charge in [0, 0.05) is 0 Å². The highest BCUT2D eigenvalue weighted by molar-refractivity contribution is 5.19. The molecular formula is C6F7N. The van der Waals surface area contributed by atoms with E-state index in [1.807, 2.05) is 4.98 Å². The highest BCUT2D eigenvalue weighted by Crippen LogP contribution is 2.33. The van der Waals surface area contributed by atoms with Crippen LogP contribution in [0.1, 0.15) is 5.56 Å². The summed E-state index contributed by atoms with van der Waals surface area (Å²) in [6.45, 7) is 0. The number of hydrogen-bond acceptors (Lipinski definition) is 1. The van der Waals surface area contributed by atoms with Crippen LogP contribution in [0.5, 0.6) is 0 Å². The molecule has 8 heteroatoms. The summed E-state index contributed by atoms with van der Waals surface area (Å²) in [6.07, 6.45) is -5.46. The van der Waals surface area contributed by atoms with Gasteiger partial charge in [-0.3, -0.25) is 0 Å². The van der Waals surface area contributed by atoms with Crippen molar-refractivity contribution in [3.63, 3.8) is 0 Å². The number of alkyl halides is 3. The molecule has 0 saturated heterocycles. The van der Waals surface area contributed by atoms with Gasteiger partial charge < -0.3 is 0 Å². The Morgan fingerprint density at radius 1 is 0.786 bits per heavy atom. The molecule has 0 amide bonds. The quantitative estimate of drug-likeness (QED) is 0.482. The summed E-state index contributed by atoms with van der Waals surface area (Å²) in [5.74, 6) is -9.79. The third kappa shape index (κ3) is 1.64. The number of nitrogens with zero attached hydrogens (tertiary/aromatic N) is 1. The third-order valence-electron chi connectivity index (χ3n) is 1.28. The van der Waals surface area contributed by atoms with Crippen LogP contribution in [0.4, 0.5) is 30.7 Å². The number of halogens is 7. The Bertz CT molecular complexity index is 369. The summed E-state index contributed by atoms with van der Waals surface area (Å²) >= 11 is 0. The lowest BCUT2D eigenvalue weighted by Crippen LogP contribution is -2.16. The first-order valence-electron chi connectivity index (χ1n) is 3.02. The first-order valence-corrected chi connectivity index (χ1v) is 3.02. The number of rotatable bonds is 0. The minimum absolute atomic E-state index is 1.93. The summed E-state index contributed by atoms with van der Waals surface area (Å²) in [5.41, 5.74) is -2.54. The first-order chi connectivity index (χ1) is 6.25. The molecule has 0 spiro atoms. The predicted molar refractivity (Wildman–Crippen MR) is 29.1 cm³/mol.